The van der Waals surface area contributed by atoms with Crippen LogP contribution in [0.5, 0.6) is 0 Å². The van der Waals surface area contributed by atoms with Crippen molar-refractivity contribution >= 4 is 23.5 Å². The summed E-state index contributed by atoms with van der Waals surface area (Å²) in [4.78, 5) is 36.9. The van der Waals surface area contributed by atoms with Crippen LogP contribution < -0.4 is 5.32 Å². The Labute approximate surface area is 134 Å². The summed E-state index contributed by atoms with van der Waals surface area (Å²) >= 11 is 0. The van der Waals surface area contributed by atoms with Crippen molar-refractivity contribution in [3.8, 4) is 0 Å². The first kappa shape index (κ1) is 16.7. The molecule has 0 saturated heterocycles. The fourth-order valence-corrected chi connectivity index (χ4v) is 2.55. The van der Waals surface area contributed by atoms with Gasteiger partial charge in [0.1, 0.15) is 12.6 Å². The molecule has 0 aromatic heterocycles. The summed E-state index contributed by atoms with van der Waals surface area (Å²) in [5.41, 5.74) is 1.67. The lowest BCUT2D eigenvalue weighted by Gasteiger charge is -2.19. The van der Waals surface area contributed by atoms with Gasteiger partial charge in [0.2, 0.25) is 5.91 Å². The maximum Gasteiger partial charge on any atom is 0.326 e. The van der Waals surface area contributed by atoms with Gasteiger partial charge in [-0.15, -0.1) is 0 Å². The van der Waals surface area contributed by atoms with E-state index in [-0.39, 0.29) is 12.5 Å². The molecule has 6 heteroatoms. The predicted molar refractivity (Wildman–Crippen MR) is 85.6 cm³/mol. The fraction of sp³-hybridized carbons (Fsp3) is 0.353. The van der Waals surface area contributed by atoms with Crippen LogP contribution in [0.3, 0.4) is 0 Å². The van der Waals surface area contributed by atoms with Crippen molar-refractivity contribution in [3.63, 3.8) is 0 Å². The third-order valence-electron chi connectivity index (χ3n) is 3.82. The number of rotatable bonds is 7. The summed E-state index contributed by atoms with van der Waals surface area (Å²) < 4.78 is 0. The molecule has 6 nitrogen and oxygen atoms in total. The molecule has 2 rings (SSSR count). The minimum Gasteiger partial charge on any atom is -0.480 e. The Morgan fingerprint density at radius 2 is 1.96 bits per heavy atom. The van der Waals surface area contributed by atoms with Crippen molar-refractivity contribution in [2.45, 2.75) is 32.2 Å². The average molecular weight is 316 g/mol. The Morgan fingerprint density at radius 3 is 2.52 bits per heavy atom. The van der Waals surface area contributed by atoms with E-state index in [1.165, 1.54) is 4.90 Å². The third kappa shape index (κ3) is 3.59. The molecule has 1 aromatic rings. The van der Waals surface area contributed by atoms with E-state index in [2.05, 4.69) is 11.9 Å². The number of unbranched alkanes of at least 4 members (excludes halogenated alkanes) is 1. The molecule has 2 amide bonds. The Bertz CT molecular complexity index is 619. The van der Waals surface area contributed by atoms with Gasteiger partial charge in [0, 0.05) is 16.8 Å². The quantitative estimate of drug-likeness (QED) is 0.804. The number of hydrogen-bond donors (Lipinski definition) is 2. The minimum atomic E-state index is -1.07. The van der Waals surface area contributed by atoms with Crippen LogP contribution in [-0.2, 0) is 9.59 Å². The lowest BCUT2D eigenvalue weighted by atomic mass is 10.1. The SMILES string of the molecule is C=C1c2ccccc2C(=O)N1CC(=O)N[C@@H](CCCC)C(=O)O. The van der Waals surface area contributed by atoms with E-state index in [1.807, 2.05) is 6.92 Å². The molecule has 0 radical (unpaired) electrons. The summed E-state index contributed by atoms with van der Waals surface area (Å²) in [7, 11) is 0. The van der Waals surface area contributed by atoms with Gasteiger partial charge >= 0.3 is 5.97 Å². The third-order valence-corrected chi connectivity index (χ3v) is 3.82. The smallest absolute Gasteiger partial charge is 0.326 e. The molecule has 0 fully saturated rings. The van der Waals surface area contributed by atoms with Crippen molar-refractivity contribution in [2.24, 2.45) is 0 Å². The van der Waals surface area contributed by atoms with Crippen LogP contribution in [0, 0.1) is 0 Å². The fourth-order valence-electron chi connectivity index (χ4n) is 2.55. The Kier molecular flexibility index (Phi) is 5.16. The van der Waals surface area contributed by atoms with Gasteiger partial charge in [0.15, 0.2) is 0 Å². The number of aliphatic carboxylic acids is 1. The van der Waals surface area contributed by atoms with E-state index in [9.17, 15) is 14.4 Å². The summed E-state index contributed by atoms with van der Waals surface area (Å²) in [6.45, 7) is 5.57. The molecule has 0 unspecified atom stereocenters. The lowest BCUT2D eigenvalue weighted by Crippen LogP contribution is -2.45. The molecule has 0 aliphatic carbocycles. The minimum absolute atomic E-state index is 0.234. The van der Waals surface area contributed by atoms with Crippen molar-refractivity contribution in [1.82, 2.24) is 10.2 Å². The average Bonchev–Trinajstić information content (AvgIpc) is 2.76. The van der Waals surface area contributed by atoms with Crippen molar-refractivity contribution < 1.29 is 19.5 Å². The van der Waals surface area contributed by atoms with E-state index in [0.717, 1.165) is 6.42 Å². The number of hydrogen-bond acceptors (Lipinski definition) is 3. The monoisotopic (exact) mass is 316 g/mol. The van der Waals surface area contributed by atoms with Crippen LogP contribution in [0.1, 0.15) is 42.1 Å². The summed E-state index contributed by atoms with van der Waals surface area (Å²) in [5, 5.41) is 11.6. The first-order valence-corrected chi connectivity index (χ1v) is 7.58. The molecule has 1 aliphatic heterocycles. The zero-order chi connectivity index (χ0) is 17.0. The van der Waals surface area contributed by atoms with Crippen LogP contribution in [0.15, 0.2) is 30.8 Å². The van der Waals surface area contributed by atoms with E-state index < -0.39 is 17.9 Å². The Morgan fingerprint density at radius 1 is 1.30 bits per heavy atom. The maximum absolute atomic E-state index is 12.3. The molecular formula is C17H20N2O4. The highest BCUT2D eigenvalue weighted by molar-refractivity contribution is 6.10. The molecule has 122 valence electrons. The van der Waals surface area contributed by atoms with Crippen molar-refractivity contribution in [2.75, 3.05) is 6.54 Å². The van der Waals surface area contributed by atoms with Gasteiger partial charge in [0.25, 0.3) is 5.91 Å². The molecule has 1 atom stereocenters. The van der Waals surface area contributed by atoms with Gasteiger partial charge in [-0.1, -0.05) is 44.5 Å². The van der Waals surface area contributed by atoms with Gasteiger partial charge in [-0.3, -0.25) is 14.5 Å². The summed E-state index contributed by atoms with van der Waals surface area (Å²) in [5.74, 6) is -1.86. The molecule has 0 saturated carbocycles. The number of carbonyl (C=O) groups is 3. The van der Waals surface area contributed by atoms with E-state index in [0.29, 0.717) is 29.7 Å². The van der Waals surface area contributed by atoms with Crippen LogP contribution in [0.4, 0.5) is 0 Å². The van der Waals surface area contributed by atoms with Crippen molar-refractivity contribution in [1.29, 1.82) is 0 Å². The highest BCUT2D eigenvalue weighted by Gasteiger charge is 2.32. The Balaban J connectivity index is 2.02. The number of nitrogens with one attached hydrogen (secondary N) is 1. The highest BCUT2D eigenvalue weighted by Crippen LogP contribution is 2.30. The zero-order valence-corrected chi connectivity index (χ0v) is 13.0. The summed E-state index contributed by atoms with van der Waals surface area (Å²) in [6, 6.07) is 6.07. The normalized spacial score (nSPS) is 14.6. The second-order valence-electron chi connectivity index (χ2n) is 5.48. The summed E-state index contributed by atoms with van der Waals surface area (Å²) in [6.07, 6.45) is 1.92. The number of nitrogens with zero attached hydrogens (tertiary/aromatic N) is 1. The Hall–Kier alpha value is -2.63. The topological polar surface area (TPSA) is 86.7 Å². The van der Waals surface area contributed by atoms with Crippen LogP contribution in [0.25, 0.3) is 5.70 Å². The number of fused-ring (bicyclic) bond motifs is 1. The van der Waals surface area contributed by atoms with E-state index >= 15 is 0 Å². The number of carboxylic acids is 1. The molecule has 1 aliphatic rings. The molecule has 1 heterocycles. The molecule has 23 heavy (non-hydrogen) atoms. The van der Waals surface area contributed by atoms with Crippen LogP contribution in [-0.4, -0.2) is 40.4 Å². The number of benzene rings is 1. The first-order chi connectivity index (χ1) is 11.0. The largest absolute Gasteiger partial charge is 0.480 e. The molecule has 0 spiro atoms. The van der Waals surface area contributed by atoms with Crippen molar-refractivity contribution in [3.05, 3.63) is 42.0 Å². The molecule has 2 N–H and O–H groups in total. The predicted octanol–water partition coefficient (Wildman–Crippen LogP) is 1.87. The standard InChI is InChI=1S/C17H20N2O4/c1-3-4-9-14(17(22)23)18-15(20)10-19-11(2)12-7-5-6-8-13(12)16(19)21/h5-8,14H,2-4,9-10H2,1H3,(H,18,20)(H,22,23)/t14-/m0/s1. The molecule has 1 aromatic carbocycles. The molecule has 0 bridgehead atoms. The van der Waals surface area contributed by atoms with Gasteiger partial charge in [-0.2, -0.15) is 0 Å². The zero-order valence-electron chi connectivity index (χ0n) is 13.0. The number of amides is 2. The highest BCUT2D eigenvalue weighted by atomic mass is 16.4. The van der Waals surface area contributed by atoms with Gasteiger partial charge < -0.3 is 10.4 Å². The maximum atomic E-state index is 12.3. The second-order valence-corrected chi connectivity index (χ2v) is 5.48. The van der Waals surface area contributed by atoms with Gasteiger partial charge in [-0.05, 0) is 12.5 Å². The van der Waals surface area contributed by atoms with Crippen LogP contribution >= 0.6 is 0 Å². The molecular weight excluding hydrogens is 296 g/mol. The van der Waals surface area contributed by atoms with Gasteiger partial charge in [-0.25, -0.2) is 4.79 Å². The first-order valence-electron chi connectivity index (χ1n) is 7.58. The van der Waals surface area contributed by atoms with E-state index in [1.54, 1.807) is 24.3 Å². The number of carbonyl (C=O) groups excluding carboxylic acids is 2. The second kappa shape index (κ2) is 7.09. The van der Waals surface area contributed by atoms with Crippen LogP contribution in [0.2, 0.25) is 0 Å². The lowest BCUT2D eigenvalue weighted by molar-refractivity contribution is -0.142. The van der Waals surface area contributed by atoms with E-state index in [4.69, 9.17) is 5.11 Å². The van der Waals surface area contributed by atoms with Gasteiger partial charge in [0.05, 0.1) is 0 Å². The number of carboxylic acid groups (broad SMARTS) is 1.